The number of hydrogen-bond donors (Lipinski definition) is 0. The van der Waals surface area contributed by atoms with Gasteiger partial charge in [0.05, 0.1) is 0 Å². The van der Waals surface area contributed by atoms with E-state index in [1.807, 2.05) is 57.2 Å². The van der Waals surface area contributed by atoms with Crippen LogP contribution in [0.1, 0.15) is 36.7 Å². The van der Waals surface area contributed by atoms with Gasteiger partial charge in [0.25, 0.3) is 0 Å². The van der Waals surface area contributed by atoms with Gasteiger partial charge in [0.1, 0.15) is 18.5 Å². The number of ether oxygens (including phenoxy) is 1. The number of fused-ring (bicyclic) bond motifs is 1. The third-order valence-electron chi connectivity index (χ3n) is 4.72. The Kier molecular flexibility index (Phi) is 6.55. The van der Waals surface area contributed by atoms with Gasteiger partial charge in [0, 0.05) is 5.56 Å². The summed E-state index contributed by atoms with van der Waals surface area (Å²) in [7, 11) is -0.993. The molecule has 0 N–H and O–H groups in total. The van der Waals surface area contributed by atoms with E-state index in [1.54, 1.807) is 0 Å². The van der Waals surface area contributed by atoms with Crippen molar-refractivity contribution < 1.29 is 14.0 Å². The fourth-order valence-electron chi connectivity index (χ4n) is 3.25. The van der Waals surface area contributed by atoms with Crippen LogP contribution in [0.15, 0.2) is 66.7 Å². The summed E-state index contributed by atoms with van der Waals surface area (Å²) in [5.74, 6) is 0.704. The van der Waals surface area contributed by atoms with Crippen LogP contribution in [0.4, 0.5) is 0 Å². The molecule has 0 aliphatic rings. The van der Waals surface area contributed by atoms with Crippen LogP contribution < -0.4 is 4.74 Å². The summed E-state index contributed by atoms with van der Waals surface area (Å²) >= 11 is 0. The smallest absolute Gasteiger partial charge is 0.206 e. The maximum Gasteiger partial charge on any atom is 0.206 e. The molecule has 4 heteroatoms. The molecular formula is C25H29O3Si. The first-order chi connectivity index (χ1) is 13.7. The largest absolute Gasteiger partial charge is 0.489 e. The summed E-state index contributed by atoms with van der Waals surface area (Å²) in [6.07, 6.45) is -0.456. The first-order valence-electron chi connectivity index (χ1n) is 9.95. The maximum absolute atomic E-state index is 13.1. The van der Waals surface area contributed by atoms with Crippen molar-refractivity contribution in [3.05, 3.63) is 77.9 Å². The van der Waals surface area contributed by atoms with Crippen molar-refractivity contribution >= 4 is 25.6 Å². The fraction of sp³-hybridized carbons (Fsp3) is 0.320. The molecule has 0 bridgehead atoms. The lowest BCUT2D eigenvalue weighted by atomic mass is 9.84. The second-order valence-electron chi connectivity index (χ2n) is 8.63. The van der Waals surface area contributed by atoms with E-state index in [-0.39, 0.29) is 11.2 Å². The Morgan fingerprint density at radius 2 is 1.66 bits per heavy atom. The molecule has 29 heavy (non-hydrogen) atoms. The number of rotatable bonds is 7. The van der Waals surface area contributed by atoms with Crippen molar-refractivity contribution in [2.24, 2.45) is 5.41 Å². The second-order valence-corrected chi connectivity index (χ2v) is 10.7. The zero-order chi connectivity index (χ0) is 21.0. The van der Waals surface area contributed by atoms with Gasteiger partial charge in [-0.25, -0.2) is 0 Å². The van der Waals surface area contributed by atoms with Gasteiger partial charge in [0.15, 0.2) is 5.78 Å². The third-order valence-corrected chi connectivity index (χ3v) is 5.42. The van der Waals surface area contributed by atoms with Crippen LogP contribution in [-0.4, -0.2) is 20.9 Å². The lowest BCUT2D eigenvalue weighted by Crippen LogP contribution is -2.40. The first kappa shape index (κ1) is 21.3. The van der Waals surface area contributed by atoms with E-state index in [9.17, 15) is 4.79 Å². The molecule has 0 aromatic heterocycles. The maximum atomic E-state index is 13.1. The van der Waals surface area contributed by atoms with Crippen LogP contribution in [0.25, 0.3) is 10.8 Å². The fourth-order valence-corrected chi connectivity index (χ4v) is 4.18. The van der Waals surface area contributed by atoms with Gasteiger partial charge < -0.3 is 9.16 Å². The molecule has 1 unspecified atom stereocenters. The van der Waals surface area contributed by atoms with Crippen LogP contribution in [0.2, 0.25) is 13.1 Å². The molecule has 0 fully saturated rings. The second kappa shape index (κ2) is 8.93. The molecule has 3 rings (SSSR count). The standard InChI is InChI=1S/C25H29O3Si/c1-25(2,3)24(28-29(4)5)23(26)21-11-8-12-22(16-21)27-17-18-13-14-19-9-6-7-10-20(19)15-18/h6-16,24H,17H2,1-5H3. The Bertz CT molecular complexity index is 989. The topological polar surface area (TPSA) is 35.5 Å². The lowest BCUT2D eigenvalue weighted by Gasteiger charge is -2.31. The van der Waals surface area contributed by atoms with Gasteiger partial charge >= 0.3 is 0 Å². The normalized spacial score (nSPS) is 12.9. The van der Waals surface area contributed by atoms with E-state index in [0.29, 0.717) is 17.9 Å². The average Bonchev–Trinajstić information content (AvgIpc) is 2.69. The zero-order valence-electron chi connectivity index (χ0n) is 17.9. The van der Waals surface area contributed by atoms with Gasteiger partial charge in [-0.05, 0) is 53.0 Å². The Balaban J connectivity index is 1.75. The molecule has 151 valence electrons. The molecule has 1 radical (unpaired) electrons. The predicted octanol–water partition coefficient (Wildman–Crippen LogP) is 6.28. The van der Waals surface area contributed by atoms with Gasteiger partial charge in [-0.2, -0.15) is 0 Å². The molecule has 0 spiro atoms. The van der Waals surface area contributed by atoms with Gasteiger partial charge in [-0.3, -0.25) is 4.79 Å². The Morgan fingerprint density at radius 1 is 0.931 bits per heavy atom. The molecule has 0 aliphatic carbocycles. The zero-order valence-corrected chi connectivity index (χ0v) is 18.9. The minimum atomic E-state index is -0.993. The molecule has 3 aromatic carbocycles. The SMILES string of the molecule is C[Si](C)OC(C(=O)c1cccc(OCc2ccc3ccccc3c2)c1)C(C)(C)C. The highest BCUT2D eigenvalue weighted by atomic mass is 28.3. The predicted molar refractivity (Wildman–Crippen MR) is 121 cm³/mol. The highest BCUT2D eigenvalue weighted by molar-refractivity contribution is 6.48. The van der Waals surface area contributed by atoms with Gasteiger partial charge in [0.2, 0.25) is 9.04 Å². The molecule has 0 heterocycles. The van der Waals surface area contributed by atoms with Crippen LogP contribution in [-0.2, 0) is 11.0 Å². The summed E-state index contributed by atoms with van der Waals surface area (Å²) < 4.78 is 12.0. The highest BCUT2D eigenvalue weighted by Gasteiger charge is 2.33. The summed E-state index contributed by atoms with van der Waals surface area (Å²) in [5, 5.41) is 2.41. The molecule has 1 atom stereocenters. The average molecular weight is 406 g/mol. The number of ketones is 1. The van der Waals surface area contributed by atoms with Crippen LogP contribution in [0, 0.1) is 5.41 Å². The molecule has 3 nitrogen and oxygen atoms in total. The number of hydrogen-bond acceptors (Lipinski definition) is 3. The highest BCUT2D eigenvalue weighted by Crippen LogP contribution is 2.28. The Labute approximate surface area is 175 Å². The van der Waals surface area contributed by atoms with Gasteiger partial charge in [-0.15, -0.1) is 0 Å². The molecule has 3 aromatic rings. The van der Waals surface area contributed by atoms with Crippen molar-refractivity contribution in [1.29, 1.82) is 0 Å². The van der Waals surface area contributed by atoms with E-state index in [2.05, 4.69) is 43.4 Å². The van der Waals surface area contributed by atoms with Crippen molar-refractivity contribution in [2.75, 3.05) is 0 Å². The van der Waals surface area contributed by atoms with Crippen LogP contribution >= 0.6 is 0 Å². The van der Waals surface area contributed by atoms with Crippen LogP contribution in [0.3, 0.4) is 0 Å². The van der Waals surface area contributed by atoms with E-state index < -0.39 is 15.1 Å². The van der Waals surface area contributed by atoms with Crippen molar-refractivity contribution in [1.82, 2.24) is 0 Å². The molecule has 0 aliphatic heterocycles. The summed E-state index contributed by atoms with van der Waals surface area (Å²) in [6, 6.07) is 22.0. The van der Waals surface area contributed by atoms with E-state index in [4.69, 9.17) is 9.16 Å². The number of Topliss-reactive ketones (excluding diaryl/α,β-unsaturated/α-hetero) is 1. The van der Waals surface area contributed by atoms with Crippen molar-refractivity contribution in [3.63, 3.8) is 0 Å². The minimum absolute atomic E-state index is 0.0138. The minimum Gasteiger partial charge on any atom is -0.489 e. The van der Waals surface area contributed by atoms with Crippen LogP contribution in [0.5, 0.6) is 5.75 Å². The Hall–Kier alpha value is -2.43. The molecule has 0 saturated carbocycles. The summed E-state index contributed by atoms with van der Waals surface area (Å²) in [6.45, 7) is 10.7. The van der Waals surface area contributed by atoms with E-state index >= 15 is 0 Å². The van der Waals surface area contributed by atoms with E-state index in [1.165, 1.54) is 10.8 Å². The third kappa shape index (κ3) is 5.55. The van der Waals surface area contributed by atoms with Gasteiger partial charge in [-0.1, -0.05) is 69.3 Å². The number of benzene rings is 3. The monoisotopic (exact) mass is 405 g/mol. The lowest BCUT2D eigenvalue weighted by molar-refractivity contribution is 0.0538. The quantitative estimate of drug-likeness (QED) is 0.342. The summed E-state index contributed by atoms with van der Waals surface area (Å²) in [4.78, 5) is 13.1. The summed E-state index contributed by atoms with van der Waals surface area (Å²) in [5.41, 5.74) is 1.46. The molecular weight excluding hydrogens is 376 g/mol. The Morgan fingerprint density at radius 3 is 2.34 bits per heavy atom. The molecule has 0 amide bonds. The first-order valence-corrected chi connectivity index (χ1v) is 12.4. The van der Waals surface area contributed by atoms with Crippen molar-refractivity contribution in [3.8, 4) is 5.75 Å². The number of carbonyl (C=O) groups excluding carboxylic acids is 1. The molecule has 0 saturated heterocycles. The van der Waals surface area contributed by atoms with E-state index in [0.717, 1.165) is 5.56 Å². The number of carbonyl (C=O) groups is 1. The van der Waals surface area contributed by atoms with Crippen molar-refractivity contribution in [2.45, 2.75) is 46.6 Å².